The number of aromatic nitrogens is 2. The summed E-state index contributed by atoms with van der Waals surface area (Å²) >= 11 is 0. The van der Waals surface area contributed by atoms with Crippen LogP contribution >= 0.6 is 0 Å². The molecule has 0 unspecified atom stereocenters. The average Bonchev–Trinajstić information content (AvgIpc) is 2.33. The maximum absolute atomic E-state index is 3.89. The summed E-state index contributed by atoms with van der Waals surface area (Å²) in [7, 11) is 0. The van der Waals surface area contributed by atoms with E-state index in [1.54, 1.807) is 0 Å². The van der Waals surface area contributed by atoms with E-state index in [2.05, 4.69) is 21.7 Å². The first-order chi connectivity index (χ1) is 4.47. The number of fused-ring (bicyclic) bond motifs is 1. The van der Waals surface area contributed by atoms with Crippen molar-refractivity contribution in [3.05, 3.63) is 18.0 Å². The smallest absolute Gasteiger partial charge is 0.115 e. The van der Waals surface area contributed by atoms with Crippen LogP contribution in [0, 0.1) is 6.20 Å². The Morgan fingerprint density at radius 1 is 1.67 bits per heavy atom. The molecular weight excluding hydrogens is 114 g/mol. The second kappa shape index (κ2) is 1.69. The van der Waals surface area contributed by atoms with Gasteiger partial charge in [-0.15, -0.1) is 5.10 Å². The molecule has 1 aliphatic rings. The third-order valence-corrected chi connectivity index (χ3v) is 1.43. The lowest BCUT2D eigenvalue weighted by atomic mass is 10.3. The molecule has 0 fully saturated rings. The number of nitrogens with one attached hydrogen (secondary N) is 1. The number of rotatable bonds is 0. The molecule has 1 radical (unpaired) electrons. The first-order valence-electron chi connectivity index (χ1n) is 2.93. The van der Waals surface area contributed by atoms with Crippen LogP contribution in [-0.4, -0.2) is 16.7 Å². The molecule has 0 saturated carbocycles. The van der Waals surface area contributed by atoms with E-state index >= 15 is 0 Å². The maximum atomic E-state index is 3.89. The van der Waals surface area contributed by atoms with Gasteiger partial charge in [0, 0.05) is 13.0 Å². The van der Waals surface area contributed by atoms with E-state index < -0.39 is 0 Å². The third-order valence-electron chi connectivity index (χ3n) is 1.43. The summed E-state index contributed by atoms with van der Waals surface area (Å²) in [4.78, 5) is 0. The van der Waals surface area contributed by atoms with Gasteiger partial charge in [-0.05, 0) is 6.07 Å². The van der Waals surface area contributed by atoms with Crippen LogP contribution in [0.2, 0.25) is 0 Å². The van der Waals surface area contributed by atoms with Crippen molar-refractivity contribution in [3.8, 4) is 0 Å². The lowest BCUT2D eigenvalue weighted by Gasteiger charge is -1.91. The lowest BCUT2D eigenvalue weighted by molar-refractivity contribution is 0.936. The van der Waals surface area contributed by atoms with Crippen LogP contribution in [0.3, 0.4) is 0 Å². The molecule has 9 heavy (non-hydrogen) atoms. The van der Waals surface area contributed by atoms with Crippen molar-refractivity contribution in [2.75, 3.05) is 11.9 Å². The normalized spacial score (nSPS) is 14.7. The van der Waals surface area contributed by atoms with Gasteiger partial charge in [0.1, 0.15) is 6.20 Å². The van der Waals surface area contributed by atoms with E-state index in [9.17, 15) is 0 Å². The predicted molar refractivity (Wildman–Crippen MR) is 33.1 cm³/mol. The fourth-order valence-electron chi connectivity index (χ4n) is 0.973. The molecule has 2 rings (SSSR count). The average molecular weight is 120 g/mol. The largest absolute Gasteiger partial charge is 0.383 e. The lowest BCUT2D eigenvalue weighted by Crippen LogP contribution is -1.90. The molecule has 0 saturated heterocycles. The summed E-state index contributed by atoms with van der Waals surface area (Å²) in [5.74, 6) is 0. The Bertz CT molecular complexity index is 198. The van der Waals surface area contributed by atoms with Crippen molar-refractivity contribution in [1.82, 2.24) is 10.2 Å². The highest BCUT2D eigenvalue weighted by molar-refractivity contribution is 5.50. The molecule has 0 spiro atoms. The Hall–Kier alpha value is -1.12. The Morgan fingerprint density at radius 3 is 3.56 bits per heavy atom. The third kappa shape index (κ3) is 0.650. The van der Waals surface area contributed by atoms with Crippen molar-refractivity contribution in [2.45, 2.75) is 6.42 Å². The van der Waals surface area contributed by atoms with Gasteiger partial charge < -0.3 is 5.32 Å². The zero-order valence-electron chi connectivity index (χ0n) is 4.89. The second-order valence-electron chi connectivity index (χ2n) is 2.01. The molecule has 1 aliphatic heterocycles. The van der Waals surface area contributed by atoms with Crippen molar-refractivity contribution < 1.29 is 0 Å². The first-order valence-corrected chi connectivity index (χ1v) is 2.93. The van der Waals surface area contributed by atoms with E-state index in [1.165, 1.54) is 0 Å². The minimum absolute atomic E-state index is 0.988. The minimum atomic E-state index is 0.988. The summed E-state index contributed by atoms with van der Waals surface area (Å²) in [5, 5.41) is 10.7. The topological polar surface area (TPSA) is 37.8 Å². The molecule has 0 aromatic carbocycles. The molecule has 1 aromatic heterocycles. The van der Waals surface area contributed by atoms with Crippen molar-refractivity contribution in [3.63, 3.8) is 0 Å². The maximum Gasteiger partial charge on any atom is 0.115 e. The zero-order valence-corrected chi connectivity index (χ0v) is 4.89. The number of anilines is 1. The van der Waals surface area contributed by atoms with Crippen molar-refractivity contribution in [2.24, 2.45) is 0 Å². The zero-order chi connectivity index (χ0) is 6.10. The van der Waals surface area contributed by atoms with Gasteiger partial charge in [0.05, 0.1) is 11.4 Å². The monoisotopic (exact) mass is 120 g/mol. The Morgan fingerprint density at radius 2 is 2.67 bits per heavy atom. The van der Waals surface area contributed by atoms with E-state index in [0.717, 1.165) is 24.3 Å². The van der Waals surface area contributed by atoms with Crippen molar-refractivity contribution in [1.29, 1.82) is 0 Å². The van der Waals surface area contributed by atoms with Gasteiger partial charge in [0.15, 0.2) is 0 Å². The SMILES string of the molecule is [c]1cc2c(nn1)CCN2. The molecule has 0 atom stereocenters. The van der Waals surface area contributed by atoms with Crippen LogP contribution in [0.5, 0.6) is 0 Å². The van der Waals surface area contributed by atoms with Gasteiger partial charge >= 0.3 is 0 Å². The highest BCUT2D eigenvalue weighted by Gasteiger charge is 2.09. The molecule has 0 bridgehead atoms. The fourth-order valence-corrected chi connectivity index (χ4v) is 0.973. The molecule has 45 valence electrons. The molecular formula is C6H6N3. The van der Waals surface area contributed by atoms with E-state index in [-0.39, 0.29) is 0 Å². The first kappa shape index (κ1) is 4.73. The Kier molecular flexibility index (Phi) is 0.886. The summed E-state index contributed by atoms with van der Waals surface area (Å²) in [6.07, 6.45) is 3.67. The van der Waals surface area contributed by atoms with Gasteiger partial charge in [0.25, 0.3) is 0 Å². The highest BCUT2D eigenvalue weighted by Crippen LogP contribution is 2.16. The van der Waals surface area contributed by atoms with Crippen LogP contribution in [0.15, 0.2) is 6.07 Å². The molecule has 2 heterocycles. The number of hydrogen-bond acceptors (Lipinski definition) is 3. The van der Waals surface area contributed by atoms with Crippen LogP contribution in [0.25, 0.3) is 0 Å². The van der Waals surface area contributed by atoms with E-state index in [0.29, 0.717) is 0 Å². The quantitative estimate of drug-likeness (QED) is 0.533. The van der Waals surface area contributed by atoms with E-state index in [1.807, 2.05) is 6.07 Å². The summed E-state index contributed by atoms with van der Waals surface area (Å²) < 4.78 is 0. The Labute approximate surface area is 53.1 Å². The summed E-state index contributed by atoms with van der Waals surface area (Å²) in [6, 6.07) is 1.83. The molecule has 1 aromatic rings. The standard InChI is InChI=1S/C6H6N3/c1-3-7-5-2-4-8-9-6(1)5/h2,7H,1,3H2. The second-order valence-corrected chi connectivity index (χ2v) is 2.01. The molecule has 0 amide bonds. The Balaban J connectivity index is 2.54. The fraction of sp³-hybridized carbons (Fsp3) is 0.333. The number of nitrogens with zero attached hydrogens (tertiary/aromatic N) is 2. The van der Waals surface area contributed by atoms with Crippen LogP contribution in [0.1, 0.15) is 5.69 Å². The van der Waals surface area contributed by atoms with Crippen LogP contribution < -0.4 is 5.32 Å². The van der Waals surface area contributed by atoms with Crippen LogP contribution in [0.4, 0.5) is 5.69 Å². The van der Waals surface area contributed by atoms with Gasteiger partial charge in [-0.1, -0.05) is 0 Å². The number of hydrogen-bond donors (Lipinski definition) is 1. The molecule has 1 N–H and O–H groups in total. The van der Waals surface area contributed by atoms with E-state index in [4.69, 9.17) is 0 Å². The van der Waals surface area contributed by atoms with Gasteiger partial charge in [-0.2, -0.15) is 5.10 Å². The molecule has 3 nitrogen and oxygen atoms in total. The van der Waals surface area contributed by atoms with Gasteiger partial charge in [-0.25, -0.2) is 0 Å². The van der Waals surface area contributed by atoms with Gasteiger partial charge in [0.2, 0.25) is 0 Å². The molecule has 0 aliphatic carbocycles. The minimum Gasteiger partial charge on any atom is -0.383 e. The van der Waals surface area contributed by atoms with Gasteiger partial charge in [-0.3, -0.25) is 0 Å². The predicted octanol–water partition coefficient (Wildman–Crippen LogP) is 0.245. The molecule has 3 heteroatoms. The summed E-state index contributed by atoms with van der Waals surface area (Å²) in [6.45, 7) is 0.988. The highest BCUT2D eigenvalue weighted by atomic mass is 15.1. The summed E-state index contributed by atoms with van der Waals surface area (Å²) in [5.41, 5.74) is 2.15. The van der Waals surface area contributed by atoms with Crippen LogP contribution in [-0.2, 0) is 6.42 Å². The van der Waals surface area contributed by atoms with Crippen molar-refractivity contribution >= 4 is 5.69 Å².